The molecule has 0 bridgehead atoms. The largest absolute Gasteiger partial charge is 0.350 e. The molecule has 0 saturated carbocycles. The summed E-state index contributed by atoms with van der Waals surface area (Å²) in [7, 11) is -0.0362. The fraction of sp³-hybridized carbons (Fsp3) is 0.364. The molecule has 0 fully saturated rings. The van der Waals surface area contributed by atoms with Gasteiger partial charge in [-0.1, -0.05) is 30.3 Å². The number of carbonyl (C=O) groups excluding carboxylic acids is 2. The Bertz CT molecular complexity index is 1050. The highest BCUT2D eigenvalue weighted by Gasteiger charge is 2.42. The Hall–Kier alpha value is -2.71. The minimum absolute atomic E-state index is 0.0764. The zero-order chi connectivity index (χ0) is 22.1. The van der Waals surface area contributed by atoms with Crippen LogP contribution in [0, 0.1) is 0 Å². The summed E-state index contributed by atoms with van der Waals surface area (Å²) in [5, 5.41) is 2.89. The number of hydrogen-bond donors (Lipinski definition) is 1. The Labute approximate surface area is 177 Å². The molecule has 0 radical (unpaired) electrons. The summed E-state index contributed by atoms with van der Waals surface area (Å²) < 4.78 is 26.3. The van der Waals surface area contributed by atoms with Crippen LogP contribution >= 0.6 is 0 Å². The molecule has 0 aromatic heterocycles. The van der Waals surface area contributed by atoms with Gasteiger partial charge in [0, 0.05) is 24.2 Å². The third kappa shape index (κ3) is 4.24. The minimum atomic E-state index is -3.94. The van der Waals surface area contributed by atoms with Gasteiger partial charge in [-0.2, -0.15) is 0 Å². The van der Waals surface area contributed by atoms with E-state index in [1.54, 1.807) is 13.8 Å². The number of nitrogens with zero attached hydrogens (tertiary/aromatic N) is 2. The lowest BCUT2D eigenvalue weighted by atomic mass is 10.0. The third-order valence-electron chi connectivity index (χ3n) is 5.22. The molecule has 1 atom stereocenters. The number of carbonyl (C=O) groups is 2. The van der Waals surface area contributed by atoms with Crippen LogP contribution in [0.1, 0.15) is 40.1 Å². The summed E-state index contributed by atoms with van der Waals surface area (Å²) in [5.74, 6) is -0.925. The van der Waals surface area contributed by atoms with Gasteiger partial charge in [0.1, 0.15) is 4.90 Å². The summed E-state index contributed by atoms with van der Waals surface area (Å²) in [4.78, 5) is 27.1. The van der Waals surface area contributed by atoms with Gasteiger partial charge in [0.05, 0.1) is 5.56 Å². The van der Waals surface area contributed by atoms with E-state index in [4.69, 9.17) is 0 Å². The number of sulfonamides is 1. The standard InChI is InChI=1S/C22H27N3O4S/c1-15(2)25-22(27)19-11-10-17(13-20(19)30(25,28)29)21(26)23-14-18(24(3)4)12-16-8-6-5-7-9-16/h5-11,13,15,18H,12,14H2,1-4H3,(H,23,26). The molecule has 0 saturated heterocycles. The first-order valence-corrected chi connectivity index (χ1v) is 11.3. The molecule has 7 nitrogen and oxygen atoms in total. The van der Waals surface area contributed by atoms with Crippen LogP contribution in [0.2, 0.25) is 0 Å². The fourth-order valence-electron chi connectivity index (χ4n) is 3.54. The molecule has 2 amide bonds. The molecular weight excluding hydrogens is 402 g/mol. The van der Waals surface area contributed by atoms with Crippen LogP contribution in [0.5, 0.6) is 0 Å². The maximum absolute atomic E-state index is 12.7. The van der Waals surface area contributed by atoms with Crippen molar-refractivity contribution >= 4 is 21.8 Å². The van der Waals surface area contributed by atoms with Crippen LogP contribution in [-0.4, -0.2) is 62.2 Å². The number of rotatable bonds is 7. The minimum Gasteiger partial charge on any atom is -0.350 e. The van der Waals surface area contributed by atoms with Crippen LogP contribution in [0.25, 0.3) is 0 Å². The van der Waals surface area contributed by atoms with Crippen molar-refractivity contribution in [3.8, 4) is 0 Å². The molecular formula is C22H27N3O4S. The summed E-state index contributed by atoms with van der Waals surface area (Å²) in [6, 6.07) is 13.8. The number of fused-ring (bicyclic) bond motifs is 1. The van der Waals surface area contributed by atoms with E-state index in [0.717, 1.165) is 10.7 Å². The highest BCUT2D eigenvalue weighted by atomic mass is 32.2. The average Bonchev–Trinajstić information content (AvgIpc) is 2.90. The van der Waals surface area contributed by atoms with E-state index in [1.165, 1.54) is 23.8 Å². The molecule has 3 rings (SSSR count). The average molecular weight is 430 g/mol. The Morgan fingerprint density at radius 1 is 1.10 bits per heavy atom. The molecule has 8 heteroatoms. The number of benzene rings is 2. The number of amides is 2. The van der Waals surface area contributed by atoms with Crippen molar-refractivity contribution in [2.24, 2.45) is 0 Å². The van der Waals surface area contributed by atoms with E-state index in [1.807, 2.05) is 49.3 Å². The lowest BCUT2D eigenvalue weighted by molar-refractivity contribution is 0.0845. The summed E-state index contributed by atoms with van der Waals surface area (Å²) in [5.41, 5.74) is 1.49. The number of likely N-dealkylation sites (N-methyl/N-ethyl adjacent to an activating group) is 1. The van der Waals surface area contributed by atoms with Crippen molar-refractivity contribution in [2.75, 3.05) is 20.6 Å². The maximum atomic E-state index is 12.7. The van der Waals surface area contributed by atoms with Gasteiger partial charge >= 0.3 is 0 Å². The molecule has 1 N–H and O–H groups in total. The van der Waals surface area contributed by atoms with Crippen molar-refractivity contribution in [1.29, 1.82) is 0 Å². The normalized spacial score (nSPS) is 16.1. The SMILES string of the molecule is CC(C)N1C(=O)c2ccc(C(=O)NCC(Cc3ccccc3)N(C)C)cc2S1(=O)=O. The second kappa shape index (κ2) is 8.57. The quantitative estimate of drug-likeness (QED) is 0.729. The van der Waals surface area contributed by atoms with Gasteiger partial charge in [0.2, 0.25) is 0 Å². The zero-order valence-electron chi connectivity index (χ0n) is 17.6. The van der Waals surface area contributed by atoms with Crippen LogP contribution in [0.4, 0.5) is 0 Å². The lowest BCUT2D eigenvalue weighted by Crippen LogP contribution is -2.41. The van der Waals surface area contributed by atoms with Crippen LogP contribution < -0.4 is 5.32 Å². The van der Waals surface area contributed by atoms with Gasteiger partial charge in [-0.3, -0.25) is 9.59 Å². The Balaban J connectivity index is 1.76. The zero-order valence-corrected chi connectivity index (χ0v) is 18.4. The summed E-state index contributed by atoms with van der Waals surface area (Å²) in [6.07, 6.45) is 0.768. The predicted molar refractivity (Wildman–Crippen MR) is 115 cm³/mol. The van der Waals surface area contributed by atoms with Crippen molar-refractivity contribution in [1.82, 2.24) is 14.5 Å². The third-order valence-corrected chi connectivity index (χ3v) is 7.22. The van der Waals surface area contributed by atoms with E-state index in [9.17, 15) is 18.0 Å². The van der Waals surface area contributed by atoms with Crippen LogP contribution in [0.3, 0.4) is 0 Å². The summed E-state index contributed by atoms with van der Waals surface area (Å²) in [6.45, 7) is 3.69. The fourth-order valence-corrected chi connectivity index (χ4v) is 5.33. The Morgan fingerprint density at radius 2 is 1.77 bits per heavy atom. The molecule has 1 aliphatic rings. The molecule has 2 aromatic rings. The van der Waals surface area contributed by atoms with Gasteiger partial charge < -0.3 is 10.2 Å². The molecule has 30 heavy (non-hydrogen) atoms. The lowest BCUT2D eigenvalue weighted by Gasteiger charge is -2.25. The van der Waals surface area contributed by atoms with Crippen molar-refractivity contribution in [3.63, 3.8) is 0 Å². The van der Waals surface area contributed by atoms with Gasteiger partial charge in [-0.25, -0.2) is 12.7 Å². The van der Waals surface area contributed by atoms with E-state index in [0.29, 0.717) is 6.54 Å². The van der Waals surface area contributed by atoms with Crippen molar-refractivity contribution in [2.45, 2.75) is 37.2 Å². The first-order valence-electron chi connectivity index (χ1n) is 9.84. The molecule has 1 heterocycles. The second-order valence-electron chi connectivity index (χ2n) is 7.93. The molecule has 1 aliphatic heterocycles. The summed E-state index contributed by atoms with van der Waals surface area (Å²) >= 11 is 0. The number of hydrogen-bond acceptors (Lipinski definition) is 5. The highest BCUT2D eigenvalue weighted by Crippen LogP contribution is 2.32. The highest BCUT2D eigenvalue weighted by molar-refractivity contribution is 7.90. The topological polar surface area (TPSA) is 86.8 Å². The molecule has 2 aromatic carbocycles. The monoisotopic (exact) mass is 429 g/mol. The second-order valence-corrected chi connectivity index (χ2v) is 9.71. The van der Waals surface area contributed by atoms with E-state index >= 15 is 0 Å². The van der Waals surface area contributed by atoms with E-state index in [-0.39, 0.29) is 28.0 Å². The van der Waals surface area contributed by atoms with Gasteiger partial charge in [0.25, 0.3) is 21.8 Å². The molecule has 1 unspecified atom stereocenters. The number of nitrogens with one attached hydrogen (secondary N) is 1. The molecule has 160 valence electrons. The van der Waals surface area contributed by atoms with Gasteiger partial charge in [-0.05, 0) is 58.1 Å². The molecule has 0 spiro atoms. The van der Waals surface area contributed by atoms with E-state index < -0.39 is 22.0 Å². The Morgan fingerprint density at radius 3 is 2.37 bits per heavy atom. The first kappa shape index (κ1) is 22.0. The van der Waals surface area contributed by atoms with Crippen molar-refractivity contribution < 1.29 is 18.0 Å². The van der Waals surface area contributed by atoms with Gasteiger partial charge in [-0.15, -0.1) is 0 Å². The van der Waals surface area contributed by atoms with E-state index in [2.05, 4.69) is 5.32 Å². The van der Waals surface area contributed by atoms with Crippen LogP contribution in [0.15, 0.2) is 53.4 Å². The van der Waals surface area contributed by atoms with Gasteiger partial charge in [0.15, 0.2) is 0 Å². The predicted octanol–water partition coefficient (Wildman–Crippen LogP) is 2.14. The smallest absolute Gasteiger partial charge is 0.269 e. The maximum Gasteiger partial charge on any atom is 0.269 e. The van der Waals surface area contributed by atoms with Crippen molar-refractivity contribution in [3.05, 3.63) is 65.2 Å². The molecule has 0 aliphatic carbocycles. The van der Waals surface area contributed by atoms with Crippen LogP contribution in [-0.2, 0) is 16.4 Å². The first-order chi connectivity index (χ1) is 14.1. The Kier molecular flexibility index (Phi) is 6.28.